The van der Waals surface area contributed by atoms with E-state index in [4.69, 9.17) is 23.4 Å². The zero-order valence-corrected chi connectivity index (χ0v) is 33.8. The maximum atomic E-state index is 7.14. The highest BCUT2D eigenvalue weighted by Gasteiger charge is 2.47. The summed E-state index contributed by atoms with van der Waals surface area (Å²) < 4.78 is 32.4. The minimum Gasteiger partial charge on any atom is -0.490 e. The predicted octanol–water partition coefficient (Wildman–Crippen LogP) is 10.0. The van der Waals surface area contributed by atoms with Crippen molar-refractivity contribution < 1.29 is 23.4 Å². The van der Waals surface area contributed by atoms with E-state index in [1.807, 2.05) is 6.07 Å². The highest BCUT2D eigenvalue weighted by atomic mass is 16.5. The molecule has 0 aliphatic carbocycles. The highest BCUT2D eigenvalue weighted by Crippen LogP contribution is 2.50. The molecule has 7 nitrogen and oxygen atoms in total. The first-order valence-electron chi connectivity index (χ1n) is 20.1. The number of aryl methyl sites for hydroxylation is 2. The first-order chi connectivity index (χ1) is 26.9. The number of fused-ring (bicyclic) bond motifs is 8. The average molecular weight is 745 g/mol. The molecule has 0 radical (unpaired) electrons. The molecular weight excluding hydrogens is 695 g/mol. The Morgan fingerprint density at radius 1 is 0.554 bits per heavy atom. The van der Waals surface area contributed by atoms with E-state index in [1.54, 1.807) is 0 Å². The second-order valence-electron chi connectivity index (χ2n) is 17.9. The minimum absolute atomic E-state index is 0.0114. The molecule has 8 heteroatoms. The van der Waals surface area contributed by atoms with Crippen LogP contribution in [0, 0.1) is 13.8 Å². The van der Waals surface area contributed by atoms with Crippen LogP contribution < -0.4 is 45.1 Å². The SMILES string of the molecule is Cc1cc(C(C)(C)C)cc(C)c1N1c2cccc3c2B(c2cc4c(cc2N3c2ccc3c(c2)OCCCO3)OCCCO4)c2c1oc1ccc(C(C)(C)C)cc21. The molecule has 6 aromatic rings. The minimum atomic E-state index is -0.151. The van der Waals surface area contributed by atoms with Crippen molar-refractivity contribution in [3.63, 3.8) is 0 Å². The molecule has 0 fully saturated rings. The van der Waals surface area contributed by atoms with Gasteiger partial charge in [-0.2, -0.15) is 0 Å². The van der Waals surface area contributed by atoms with Crippen LogP contribution in [0.15, 0.2) is 83.3 Å². The number of furan rings is 1. The zero-order chi connectivity index (χ0) is 38.7. The van der Waals surface area contributed by atoms with Gasteiger partial charge in [0.1, 0.15) is 5.58 Å². The van der Waals surface area contributed by atoms with Gasteiger partial charge in [0.05, 0.1) is 37.8 Å². The number of anilines is 6. The van der Waals surface area contributed by atoms with E-state index in [0.717, 1.165) is 86.6 Å². The Labute approximate surface area is 330 Å². The van der Waals surface area contributed by atoms with Crippen molar-refractivity contribution in [2.45, 2.75) is 79.1 Å². The topological polar surface area (TPSA) is 56.5 Å². The molecule has 0 bridgehead atoms. The van der Waals surface area contributed by atoms with Crippen molar-refractivity contribution in [2.24, 2.45) is 0 Å². The van der Waals surface area contributed by atoms with Gasteiger partial charge in [-0.15, -0.1) is 0 Å². The van der Waals surface area contributed by atoms with Crippen LogP contribution in [0.4, 0.5) is 34.3 Å². The summed E-state index contributed by atoms with van der Waals surface area (Å²) in [7, 11) is 0. The van der Waals surface area contributed by atoms with Crippen molar-refractivity contribution in [1.82, 2.24) is 0 Å². The molecule has 56 heavy (non-hydrogen) atoms. The third-order valence-electron chi connectivity index (χ3n) is 11.9. The van der Waals surface area contributed by atoms with Gasteiger partial charge in [-0.25, -0.2) is 0 Å². The summed E-state index contributed by atoms with van der Waals surface area (Å²) in [6, 6.07) is 28.9. The fourth-order valence-corrected chi connectivity index (χ4v) is 9.11. The number of benzene rings is 5. The van der Waals surface area contributed by atoms with E-state index in [2.05, 4.69) is 138 Å². The molecule has 4 aliphatic rings. The molecular formula is C48H49BN2O5. The van der Waals surface area contributed by atoms with Crippen molar-refractivity contribution in [1.29, 1.82) is 0 Å². The van der Waals surface area contributed by atoms with Gasteiger partial charge in [0, 0.05) is 52.9 Å². The maximum Gasteiger partial charge on any atom is 0.257 e. The lowest BCUT2D eigenvalue weighted by Gasteiger charge is -2.43. The van der Waals surface area contributed by atoms with Gasteiger partial charge in [0.15, 0.2) is 23.0 Å². The van der Waals surface area contributed by atoms with Crippen LogP contribution in [-0.4, -0.2) is 33.1 Å². The lowest BCUT2D eigenvalue weighted by Crippen LogP contribution is -2.61. The van der Waals surface area contributed by atoms with Crippen LogP contribution in [0.3, 0.4) is 0 Å². The van der Waals surface area contributed by atoms with Crippen LogP contribution >= 0.6 is 0 Å². The molecule has 5 heterocycles. The monoisotopic (exact) mass is 744 g/mol. The van der Waals surface area contributed by atoms with Crippen molar-refractivity contribution in [3.8, 4) is 23.0 Å². The molecule has 4 aliphatic heterocycles. The second kappa shape index (κ2) is 12.5. The van der Waals surface area contributed by atoms with Gasteiger partial charge < -0.3 is 28.3 Å². The third kappa shape index (κ3) is 5.39. The quantitative estimate of drug-likeness (QED) is 0.163. The summed E-state index contributed by atoms with van der Waals surface area (Å²) in [6.07, 6.45) is 1.67. The first-order valence-corrected chi connectivity index (χ1v) is 20.1. The van der Waals surface area contributed by atoms with Crippen LogP contribution in [0.2, 0.25) is 0 Å². The molecule has 0 spiro atoms. The number of hydrogen-bond donors (Lipinski definition) is 0. The van der Waals surface area contributed by atoms with Gasteiger partial charge in [0.2, 0.25) is 5.88 Å². The molecule has 0 amide bonds. The van der Waals surface area contributed by atoms with Gasteiger partial charge in [-0.3, -0.25) is 4.90 Å². The van der Waals surface area contributed by atoms with Crippen LogP contribution in [0.5, 0.6) is 23.0 Å². The molecule has 0 N–H and O–H groups in total. The van der Waals surface area contributed by atoms with E-state index in [-0.39, 0.29) is 17.5 Å². The average Bonchev–Trinajstić information content (AvgIpc) is 3.27. The Bertz CT molecular complexity index is 2550. The Balaban J connectivity index is 1.30. The molecule has 10 rings (SSSR count). The van der Waals surface area contributed by atoms with Gasteiger partial charge >= 0.3 is 0 Å². The molecule has 5 aromatic carbocycles. The summed E-state index contributed by atoms with van der Waals surface area (Å²) in [6.45, 7) is 20.5. The van der Waals surface area contributed by atoms with Gasteiger partial charge in [0.25, 0.3) is 6.71 Å². The molecule has 0 saturated carbocycles. The van der Waals surface area contributed by atoms with Crippen LogP contribution in [-0.2, 0) is 10.8 Å². The summed E-state index contributed by atoms with van der Waals surface area (Å²) >= 11 is 0. The number of hydrogen-bond acceptors (Lipinski definition) is 7. The van der Waals surface area contributed by atoms with Crippen LogP contribution in [0.1, 0.15) is 76.6 Å². The summed E-state index contributed by atoms with van der Waals surface area (Å²) in [5, 5.41) is 1.13. The fourth-order valence-electron chi connectivity index (χ4n) is 9.11. The summed E-state index contributed by atoms with van der Waals surface area (Å²) in [5.41, 5.74) is 14.7. The van der Waals surface area contributed by atoms with E-state index < -0.39 is 0 Å². The molecule has 284 valence electrons. The van der Waals surface area contributed by atoms with Crippen LogP contribution in [0.25, 0.3) is 11.0 Å². The zero-order valence-electron chi connectivity index (χ0n) is 33.8. The lowest BCUT2D eigenvalue weighted by atomic mass is 9.33. The number of ether oxygens (including phenoxy) is 4. The molecule has 1 aromatic heterocycles. The number of rotatable bonds is 2. The van der Waals surface area contributed by atoms with Gasteiger partial charge in [-0.05, 0) is 100 Å². The van der Waals surface area contributed by atoms with Gasteiger partial charge in [-0.1, -0.05) is 65.8 Å². The Hall–Kier alpha value is -5.50. The van der Waals surface area contributed by atoms with E-state index >= 15 is 0 Å². The molecule has 0 atom stereocenters. The largest absolute Gasteiger partial charge is 0.490 e. The Morgan fingerprint density at radius 3 is 1.82 bits per heavy atom. The smallest absolute Gasteiger partial charge is 0.257 e. The fraction of sp³-hybridized carbons (Fsp3) is 0.333. The Kier molecular flexibility index (Phi) is 7.81. The van der Waals surface area contributed by atoms with Crippen molar-refractivity contribution in [3.05, 3.63) is 101 Å². The summed E-state index contributed by atoms with van der Waals surface area (Å²) in [5.74, 6) is 3.92. The van der Waals surface area contributed by atoms with E-state index in [1.165, 1.54) is 33.2 Å². The highest BCUT2D eigenvalue weighted by molar-refractivity contribution is 7.01. The second-order valence-corrected chi connectivity index (χ2v) is 17.9. The Morgan fingerprint density at radius 2 is 1.16 bits per heavy atom. The predicted molar refractivity (Wildman–Crippen MR) is 228 cm³/mol. The number of nitrogens with zero attached hydrogens (tertiary/aromatic N) is 2. The first kappa shape index (κ1) is 35.0. The lowest BCUT2D eigenvalue weighted by molar-refractivity contribution is 0.296. The normalized spacial score (nSPS) is 15.9. The third-order valence-corrected chi connectivity index (χ3v) is 11.9. The molecule has 0 unspecified atom stereocenters. The van der Waals surface area contributed by atoms with E-state index in [0.29, 0.717) is 26.4 Å². The molecule has 0 saturated heterocycles. The summed E-state index contributed by atoms with van der Waals surface area (Å²) in [4.78, 5) is 4.78. The standard InChI is InChI=1S/C48H49BN2O5/c1-28-22-31(48(6,7)8)23-29(2)45(28)51-36-13-9-12-35-44(36)49(43-33-24-30(47(3,4)5)14-16-38(33)56-46(43)51)34-26-41-42(55-21-11-20-54-41)27-37(34)50(35)32-15-17-39-40(25-32)53-19-10-18-52-39/h9,12-17,22-27H,10-11,18-21H2,1-8H3. The van der Waals surface area contributed by atoms with E-state index in [9.17, 15) is 0 Å². The maximum absolute atomic E-state index is 7.14. The van der Waals surface area contributed by atoms with Crippen molar-refractivity contribution in [2.75, 3.05) is 36.2 Å². The van der Waals surface area contributed by atoms with Crippen molar-refractivity contribution >= 4 is 68.4 Å².